The summed E-state index contributed by atoms with van der Waals surface area (Å²) in [4.78, 5) is 24.1. The van der Waals surface area contributed by atoms with Crippen molar-refractivity contribution in [2.24, 2.45) is 17.8 Å². The Morgan fingerprint density at radius 1 is 1.35 bits per heavy atom. The highest BCUT2D eigenvalue weighted by Crippen LogP contribution is 2.37. The number of rotatable bonds is 6. The first-order valence-corrected chi connectivity index (χ1v) is 7.50. The summed E-state index contributed by atoms with van der Waals surface area (Å²) in [6, 6.07) is -1.04. The Balaban J connectivity index is 2.75. The number of carboxylic acids is 1. The van der Waals surface area contributed by atoms with E-state index in [0.29, 0.717) is 6.61 Å². The maximum Gasteiger partial charge on any atom is 0.394 e. The summed E-state index contributed by atoms with van der Waals surface area (Å²) in [6.45, 7) is 5.11. The molecule has 2 N–H and O–H groups in total. The van der Waals surface area contributed by atoms with Crippen LogP contribution in [0.25, 0.3) is 0 Å². The lowest BCUT2D eigenvalue weighted by molar-refractivity contribution is -0.187. The number of carboxylic acid groups (broad SMARTS) is 1. The molecule has 1 aliphatic heterocycles. The van der Waals surface area contributed by atoms with Gasteiger partial charge in [-0.15, -0.1) is 0 Å². The molecule has 1 aliphatic rings. The van der Waals surface area contributed by atoms with Crippen LogP contribution in [0.3, 0.4) is 0 Å². The largest absolute Gasteiger partial charge is 0.481 e. The zero-order valence-electron chi connectivity index (χ0n) is 13.4. The average Bonchev–Trinajstić information content (AvgIpc) is 2.88. The molecule has 0 aliphatic carbocycles. The van der Waals surface area contributed by atoms with Crippen molar-refractivity contribution < 1.29 is 32.6 Å². The van der Waals surface area contributed by atoms with E-state index in [-0.39, 0.29) is 18.6 Å². The first-order valence-electron chi connectivity index (χ1n) is 7.50. The van der Waals surface area contributed by atoms with Gasteiger partial charge < -0.3 is 20.1 Å². The Labute approximate surface area is 133 Å². The topological polar surface area (TPSA) is 78.9 Å². The van der Waals surface area contributed by atoms with Crippen LogP contribution in [0.15, 0.2) is 0 Å². The molecule has 134 valence electrons. The van der Waals surface area contributed by atoms with Gasteiger partial charge in [0.1, 0.15) is 0 Å². The maximum atomic E-state index is 12.9. The summed E-state index contributed by atoms with van der Waals surface area (Å²) in [6.07, 6.45) is -4.65. The van der Waals surface area contributed by atoms with Gasteiger partial charge in [-0.2, -0.15) is 13.2 Å². The standard InChI is InChI=1S/C14H23F3N2O4/c1-4-23-7-11(8(2)3)18-13(22)19-5-9(12(20)21)10(6-19)14(15,16)17/h8-11H,4-7H2,1-3H3,(H,18,22)(H,20,21)/t9-,10-,11?/m1/s1. The Morgan fingerprint density at radius 3 is 2.35 bits per heavy atom. The lowest BCUT2D eigenvalue weighted by atomic mass is 9.96. The van der Waals surface area contributed by atoms with Crippen LogP contribution in [0.1, 0.15) is 20.8 Å². The van der Waals surface area contributed by atoms with Gasteiger partial charge in [-0.25, -0.2) is 4.79 Å². The van der Waals surface area contributed by atoms with Crippen LogP contribution in [0.2, 0.25) is 0 Å². The van der Waals surface area contributed by atoms with Crippen molar-refractivity contribution >= 4 is 12.0 Å². The Hall–Kier alpha value is -1.51. The number of halogens is 3. The molecule has 6 nitrogen and oxygen atoms in total. The van der Waals surface area contributed by atoms with Crippen LogP contribution in [0.5, 0.6) is 0 Å². The number of nitrogens with one attached hydrogen (secondary N) is 1. The third kappa shape index (κ3) is 5.26. The number of urea groups is 1. The summed E-state index contributed by atoms with van der Waals surface area (Å²) in [7, 11) is 0. The molecular formula is C14H23F3N2O4. The van der Waals surface area contributed by atoms with E-state index in [2.05, 4.69) is 5.32 Å². The van der Waals surface area contributed by atoms with Crippen LogP contribution >= 0.6 is 0 Å². The maximum absolute atomic E-state index is 12.9. The minimum atomic E-state index is -4.65. The molecule has 0 radical (unpaired) electrons. The van der Waals surface area contributed by atoms with Crippen molar-refractivity contribution in [1.29, 1.82) is 0 Å². The van der Waals surface area contributed by atoms with Gasteiger partial charge in [-0.3, -0.25) is 4.79 Å². The van der Waals surface area contributed by atoms with Gasteiger partial charge in [-0.1, -0.05) is 13.8 Å². The van der Waals surface area contributed by atoms with Gasteiger partial charge in [-0.05, 0) is 12.8 Å². The number of alkyl halides is 3. The number of hydrogen-bond acceptors (Lipinski definition) is 3. The van der Waals surface area contributed by atoms with E-state index in [1.165, 1.54) is 0 Å². The molecule has 1 saturated heterocycles. The van der Waals surface area contributed by atoms with Crippen LogP contribution in [-0.4, -0.2) is 60.5 Å². The summed E-state index contributed by atoms with van der Waals surface area (Å²) < 4.78 is 44.0. The Morgan fingerprint density at radius 2 is 1.96 bits per heavy atom. The van der Waals surface area contributed by atoms with Crippen LogP contribution in [-0.2, 0) is 9.53 Å². The Bertz CT molecular complexity index is 429. The lowest BCUT2D eigenvalue weighted by Gasteiger charge is -2.26. The first-order chi connectivity index (χ1) is 10.6. The highest BCUT2D eigenvalue weighted by molar-refractivity contribution is 5.78. The normalized spacial score (nSPS) is 23.2. The van der Waals surface area contributed by atoms with Crippen molar-refractivity contribution in [3.63, 3.8) is 0 Å². The first kappa shape index (κ1) is 19.5. The minimum absolute atomic E-state index is 0.0294. The molecule has 0 aromatic rings. The fraction of sp³-hybridized carbons (Fsp3) is 0.857. The number of aliphatic carboxylic acids is 1. The second-order valence-electron chi connectivity index (χ2n) is 5.96. The average molecular weight is 340 g/mol. The lowest BCUT2D eigenvalue weighted by Crippen LogP contribution is -2.48. The van der Waals surface area contributed by atoms with Gasteiger partial charge in [0.05, 0.1) is 24.5 Å². The van der Waals surface area contributed by atoms with Crippen LogP contribution < -0.4 is 5.32 Å². The third-order valence-electron chi connectivity index (χ3n) is 3.96. The molecule has 1 unspecified atom stereocenters. The quantitative estimate of drug-likeness (QED) is 0.775. The fourth-order valence-corrected chi connectivity index (χ4v) is 2.45. The van der Waals surface area contributed by atoms with Gasteiger partial charge in [0.2, 0.25) is 0 Å². The van der Waals surface area contributed by atoms with Crippen molar-refractivity contribution in [2.75, 3.05) is 26.3 Å². The summed E-state index contributed by atoms with van der Waals surface area (Å²) in [5, 5.41) is 11.6. The van der Waals surface area contributed by atoms with E-state index in [9.17, 15) is 22.8 Å². The van der Waals surface area contributed by atoms with Gasteiger partial charge in [0.15, 0.2) is 0 Å². The predicted octanol–water partition coefficient (Wildman–Crippen LogP) is 1.95. The van der Waals surface area contributed by atoms with Crippen molar-refractivity contribution in [1.82, 2.24) is 10.2 Å². The number of likely N-dealkylation sites (tertiary alicyclic amines) is 1. The molecular weight excluding hydrogens is 317 g/mol. The third-order valence-corrected chi connectivity index (χ3v) is 3.96. The summed E-state index contributed by atoms with van der Waals surface area (Å²) in [5.74, 6) is -5.19. The second kappa shape index (κ2) is 7.85. The molecule has 1 heterocycles. The van der Waals surface area contributed by atoms with E-state index in [4.69, 9.17) is 9.84 Å². The number of amides is 2. The molecule has 1 fully saturated rings. The molecule has 0 bridgehead atoms. The molecule has 2 amide bonds. The minimum Gasteiger partial charge on any atom is -0.481 e. The van der Waals surface area contributed by atoms with E-state index < -0.39 is 43.1 Å². The number of hydrogen-bond donors (Lipinski definition) is 2. The molecule has 1 rings (SSSR count). The van der Waals surface area contributed by atoms with E-state index in [1.54, 1.807) is 6.92 Å². The van der Waals surface area contributed by atoms with Gasteiger partial charge in [0, 0.05) is 19.7 Å². The van der Waals surface area contributed by atoms with Crippen LogP contribution in [0.4, 0.5) is 18.0 Å². The van der Waals surface area contributed by atoms with Crippen LogP contribution in [0, 0.1) is 17.8 Å². The molecule has 0 aromatic carbocycles. The van der Waals surface area contributed by atoms with Crippen molar-refractivity contribution in [2.45, 2.75) is 33.0 Å². The second-order valence-corrected chi connectivity index (χ2v) is 5.96. The van der Waals surface area contributed by atoms with Gasteiger partial charge in [0.25, 0.3) is 0 Å². The molecule has 9 heteroatoms. The molecule has 0 saturated carbocycles. The smallest absolute Gasteiger partial charge is 0.394 e. The van der Waals surface area contributed by atoms with Crippen molar-refractivity contribution in [3.05, 3.63) is 0 Å². The zero-order chi connectivity index (χ0) is 17.8. The molecule has 23 heavy (non-hydrogen) atoms. The van der Waals surface area contributed by atoms with Gasteiger partial charge >= 0.3 is 18.2 Å². The van der Waals surface area contributed by atoms with E-state index in [0.717, 1.165) is 4.90 Å². The zero-order valence-corrected chi connectivity index (χ0v) is 13.4. The number of carbonyl (C=O) groups is 2. The summed E-state index contributed by atoms with van der Waals surface area (Å²) >= 11 is 0. The monoisotopic (exact) mass is 340 g/mol. The highest BCUT2D eigenvalue weighted by atomic mass is 19.4. The highest BCUT2D eigenvalue weighted by Gasteiger charge is 2.53. The Kier molecular flexibility index (Phi) is 6.67. The summed E-state index contributed by atoms with van der Waals surface area (Å²) in [5.41, 5.74) is 0. The fourth-order valence-electron chi connectivity index (χ4n) is 2.45. The van der Waals surface area contributed by atoms with E-state index in [1.807, 2.05) is 13.8 Å². The predicted molar refractivity (Wildman–Crippen MR) is 75.9 cm³/mol. The number of nitrogens with zero attached hydrogens (tertiary/aromatic N) is 1. The number of carbonyl (C=O) groups excluding carboxylic acids is 1. The molecule has 3 atom stereocenters. The van der Waals surface area contributed by atoms with Crippen molar-refractivity contribution in [3.8, 4) is 0 Å². The SMILES string of the molecule is CCOCC(NC(=O)N1C[C@@H](C(F)(F)F)[C@H](C(=O)O)C1)C(C)C. The molecule has 0 spiro atoms. The number of ether oxygens (including phenoxy) is 1. The van der Waals surface area contributed by atoms with E-state index >= 15 is 0 Å². The molecule has 0 aromatic heterocycles.